The van der Waals surface area contributed by atoms with Crippen molar-refractivity contribution in [3.05, 3.63) is 76.1 Å². The molecule has 0 aliphatic rings. The summed E-state index contributed by atoms with van der Waals surface area (Å²) in [5.74, 6) is -1.62. The maximum absolute atomic E-state index is 13.4. The highest BCUT2D eigenvalue weighted by Gasteiger charge is 2.15. The summed E-state index contributed by atoms with van der Waals surface area (Å²) in [5.41, 5.74) is 0.208. The van der Waals surface area contributed by atoms with Crippen molar-refractivity contribution in [2.45, 2.75) is 0 Å². The number of benzene rings is 2. The van der Waals surface area contributed by atoms with Crippen LogP contribution in [0.15, 0.2) is 53.5 Å². The summed E-state index contributed by atoms with van der Waals surface area (Å²) in [5, 5.41) is 2.64. The van der Waals surface area contributed by atoms with Crippen molar-refractivity contribution in [2.24, 2.45) is 7.05 Å². The van der Waals surface area contributed by atoms with Crippen LogP contribution in [-0.2, 0) is 7.05 Å². The van der Waals surface area contributed by atoms with Gasteiger partial charge < -0.3 is 9.88 Å². The van der Waals surface area contributed by atoms with Gasteiger partial charge in [-0.3, -0.25) is 9.59 Å². The van der Waals surface area contributed by atoms with E-state index in [2.05, 4.69) is 5.32 Å². The second-order valence-electron chi connectivity index (χ2n) is 5.11. The highest BCUT2D eigenvalue weighted by Crippen LogP contribution is 2.14. The molecule has 4 nitrogen and oxygen atoms in total. The van der Waals surface area contributed by atoms with Crippen molar-refractivity contribution in [3.8, 4) is 0 Å². The molecule has 0 fully saturated rings. The number of nitrogens with zero attached hydrogens (tertiary/aromatic N) is 1. The van der Waals surface area contributed by atoms with Gasteiger partial charge >= 0.3 is 0 Å². The van der Waals surface area contributed by atoms with Crippen LogP contribution in [0.3, 0.4) is 0 Å². The number of amides is 1. The smallest absolute Gasteiger partial charge is 0.261 e. The van der Waals surface area contributed by atoms with E-state index < -0.39 is 23.0 Å². The van der Waals surface area contributed by atoms with Gasteiger partial charge in [-0.25, -0.2) is 8.78 Å². The van der Waals surface area contributed by atoms with Crippen LogP contribution in [-0.4, -0.2) is 10.5 Å². The number of hydrogen-bond acceptors (Lipinski definition) is 2. The maximum Gasteiger partial charge on any atom is 0.261 e. The molecule has 0 radical (unpaired) electrons. The first kappa shape index (κ1) is 14.9. The fourth-order valence-electron chi connectivity index (χ4n) is 2.36. The van der Waals surface area contributed by atoms with Crippen LogP contribution in [0.1, 0.15) is 10.4 Å². The average molecular weight is 314 g/mol. The van der Waals surface area contributed by atoms with Crippen LogP contribution in [0.5, 0.6) is 0 Å². The molecule has 0 saturated heterocycles. The second-order valence-corrected chi connectivity index (χ2v) is 5.11. The van der Waals surface area contributed by atoms with E-state index in [9.17, 15) is 18.4 Å². The normalized spacial score (nSPS) is 10.7. The van der Waals surface area contributed by atoms with Crippen molar-refractivity contribution in [2.75, 3.05) is 5.32 Å². The van der Waals surface area contributed by atoms with Crippen LogP contribution >= 0.6 is 0 Å². The molecule has 2 aromatic carbocycles. The fourth-order valence-corrected chi connectivity index (χ4v) is 2.36. The Kier molecular flexibility index (Phi) is 3.65. The molecule has 1 aromatic heterocycles. The molecule has 6 heteroatoms. The van der Waals surface area contributed by atoms with Gasteiger partial charge in [0.15, 0.2) is 0 Å². The Morgan fingerprint density at radius 1 is 1.04 bits per heavy atom. The van der Waals surface area contributed by atoms with E-state index in [4.69, 9.17) is 0 Å². The Morgan fingerprint density at radius 3 is 2.39 bits per heavy atom. The minimum atomic E-state index is -0.636. The molecule has 0 bridgehead atoms. The Hall–Kier alpha value is -3.02. The first-order valence-electron chi connectivity index (χ1n) is 6.81. The fraction of sp³-hybridized carbons (Fsp3) is 0.0588. The average Bonchev–Trinajstić information content (AvgIpc) is 2.53. The number of fused-ring (bicyclic) bond motifs is 1. The molecule has 3 aromatic rings. The van der Waals surface area contributed by atoms with E-state index in [0.29, 0.717) is 11.2 Å². The van der Waals surface area contributed by atoms with Crippen LogP contribution in [0, 0.1) is 11.6 Å². The van der Waals surface area contributed by atoms with Gasteiger partial charge in [0.05, 0.1) is 5.52 Å². The van der Waals surface area contributed by atoms with Crippen LogP contribution < -0.4 is 10.7 Å². The maximum atomic E-state index is 13.4. The molecule has 0 unspecified atom stereocenters. The summed E-state index contributed by atoms with van der Waals surface area (Å²) in [6.07, 6.45) is 1.39. The molecular weight excluding hydrogens is 302 g/mol. The van der Waals surface area contributed by atoms with E-state index in [1.54, 1.807) is 11.6 Å². The standard InChI is InChI=1S/C17H12F2N2O2/c1-21-9-14(16(22)13-8-11(19)4-7-15(13)21)17(23)20-12-5-2-10(18)3-6-12/h2-9H,1H3,(H,20,23). The monoisotopic (exact) mass is 314 g/mol. The Morgan fingerprint density at radius 2 is 1.70 bits per heavy atom. The Balaban J connectivity index is 2.05. The van der Waals surface area contributed by atoms with Gasteiger partial charge in [0, 0.05) is 24.3 Å². The van der Waals surface area contributed by atoms with E-state index in [-0.39, 0.29) is 10.9 Å². The van der Waals surface area contributed by atoms with E-state index in [0.717, 1.165) is 6.07 Å². The lowest BCUT2D eigenvalue weighted by Gasteiger charge is -2.10. The van der Waals surface area contributed by atoms with Crippen LogP contribution in [0.4, 0.5) is 14.5 Å². The third-order valence-electron chi connectivity index (χ3n) is 3.50. The lowest BCUT2D eigenvalue weighted by atomic mass is 10.1. The molecule has 0 atom stereocenters. The number of hydrogen-bond donors (Lipinski definition) is 1. The lowest BCUT2D eigenvalue weighted by molar-refractivity contribution is 0.102. The van der Waals surface area contributed by atoms with E-state index in [1.807, 2.05) is 0 Å². The molecule has 0 saturated carbocycles. The summed E-state index contributed by atoms with van der Waals surface area (Å²) >= 11 is 0. The molecule has 0 aliphatic carbocycles. The number of rotatable bonds is 2. The third-order valence-corrected chi connectivity index (χ3v) is 3.50. The molecule has 116 valence electrons. The molecule has 0 aliphatic heterocycles. The van der Waals surface area contributed by atoms with Gasteiger partial charge in [-0.15, -0.1) is 0 Å². The Bertz CT molecular complexity index is 963. The number of carbonyl (C=O) groups excluding carboxylic acids is 1. The molecule has 3 rings (SSSR count). The largest absolute Gasteiger partial charge is 0.350 e. The topological polar surface area (TPSA) is 51.1 Å². The summed E-state index contributed by atoms with van der Waals surface area (Å²) in [6.45, 7) is 0. The highest BCUT2D eigenvalue weighted by molar-refractivity contribution is 6.05. The third kappa shape index (κ3) is 2.83. The minimum Gasteiger partial charge on any atom is -0.350 e. The molecule has 1 N–H and O–H groups in total. The van der Waals surface area contributed by atoms with Gasteiger partial charge in [0.25, 0.3) is 5.91 Å². The van der Waals surface area contributed by atoms with Crippen molar-refractivity contribution in [3.63, 3.8) is 0 Å². The molecule has 0 spiro atoms. The number of pyridine rings is 1. The van der Waals surface area contributed by atoms with E-state index in [1.165, 1.54) is 42.6 Å². The zero-order valence-electron chi connectivity index (χ0n) is 12.1. The molecule has 23 heavy (non-hydrogen) atoms. The second kappa shape index (κ2) is 5.64. The van der Waals surface area contributed by atoms with Gasteiger partial charge in [-0.2, -0.15) is 0 Å². The summed E-state index contributed by atoms with van der Waals surface area (Å²) in [4.78, 5) is 24.7. The number of carbonyl (C=O) groups is 1. The number of anilines is 1. The predicted octanol–water partition coefficient (Wildman–Crippen LogP) is 3.07. The van der Waals surface area contributed by atoms with Crippen molar-refractivity contribution in [1.29, 1.82) is 0 Å². The van der Waals surface area contributed by atoms with Crippen molar-refractivity contribution < 1.29 is 13.6 Å². The predicted molar refractivity (Wildman–Crippen MR) is 83.5 cm³/mol. The molecular formula is C17H12F2N2O2. The summed E-state index contributed by atoms with van der Waals surface area (Å²) in [7, 11) is 1.66. The number of nitrogens with one attached hydrogen (secondary N) is 1. The number of aryl methyl sites for hydroxylation is 1. The quantitative estimate of drug-likeness (QED) is 0.790. The highest BCUT2D eigenvalue weighted by atomic mass is 19.1. The minimum absolute atomic E-state index is 0.116. The van der Waals surface area contributed by atoms with Crippen molar-refractivity contribution >= 4 is 22.5 Å². The van der Waals surface area contributed by atoms with Crippen molar-refractivity contribution in [1.82, 2.24) is 4.57 Å². The molecule has 1 amide bonds. The first-order chi connectivity index (χ1) is 11.0. The molecule has 1 heterocycles. The summed E-state index contributed by atoms with van der Waals surface area (Å²) < 4.78 is 27.8. The SMILES string of the molecule is Cn1cc(C(=O)Nc2ccc(F)cc2)c(=O)c2cc(F)ccc21. The lowest BCUT2D eigenvalue weighted by Crippen LogP contribution is -2.23. The van der Waals surface area contributed by atoms with Crippen LogP contribution in [0.25, 0.3) is 10.9 Å². The van der Waals surface area contributed by atoms with Gasteiger partial charge in [-0.05, 0) is 42.5 Å². The number of halogens is 2. The van der Waals surface area contributed by atoms with Gasteiger partial charge in [-0.1, -0.05) is 0 Å². The van der Waals surface area contributed by atoms with E-state index >= 15 is 0 Å². The number of aromatic nitrogens is 1. The first-order valence-corrected chi connectivity index (χ1v) is 6.81. The van der Waals surface area contributed by atoms with Crippen LogP contribution in [0.2, 0.25) is 0 Å². The zero-order chi connectivity index (χ0) is 16.6. The van der Waals surface area contributed by atoms with Gasteiger partial charge in [0.2, 0.25) is 5.43 Å². The zero-order valence-corrected chi connectivity index (χ0v) is 12.1. The summed E-state index contributed by atoms with van der Waals surface area (Å²) in [6, 6.07) is 9.00. The van der Waals surface area contributed by atoms with Gasteiger partial charge in [0.1, 0.15) is 17.2 Å². The Labute approximate surface area is 130 Å².